The normalized spacial score (nSPS) is 11.6. The van der Waals surface area contributed by atoms with Crippen molar-refractivity contribution in [3.63, 3.8) is 0 Å². The van der Waals surface area contributed by atoms with Crippen molar-refractivity contribution in [2.45, 2.75) is 19.1 Å². The Labute approximate surface area is 170 Å². The van der Waals surface area contributed by atoms with Gasteiger partial charge in [0.25, 0.3) is 5.56 Å². The molecule has 3 rings (SSSR count). The van der Waals surface area contributed by atoms with Crippen LogP contribution in [-0.4, -0.2) is 41.0 Å². The second kappa shape index (κ2) is 9.08. The third-order valence-electron chi connectivity index (χ3n) is 4.53. The van der Waals surface area contributed by atoms with Gasteiger partial charge in [0.2, 0.25) is 5.91 Å². The Morgan fingerprint density at radius 3 is 2.67 bits per heavy atom. The molecule has 2 aromatic carbocycles. The van der Waals surface area contributed by atoms with Gasteiger partial charge in [0.1, 0.15) is 5.82 Å². The summed E-state index contributed by atoms with van der Waals surface area (Å²) in [6.07, 6.45) is -4.70. The van der Waals surface area contributed by atoms with Crippen LogP contribution < -0.4 is 5.56 Å². The number of alkyl halides is 3. The first kappa shape index (κ1) is 21.5. The third kappa shape index (κ3) is 5.24. The molecule has 0 unspecified atom stereocenters. The van der Waals surface area contributed by atoms with Crippen LogP contribution in [0.25, 0.3) is 10.9 Å². The van der Waals surface area contributed by atoms with Crippen LogP contribution in [0.3, 0.4) is 0 Å². The number of hydrogen-bond acceptors (Lipinski definition) is 4. The number of benzene rings is 2. The van der Waals surface area contributed by atoms with Crippen LogP contribution in [-0.2, 0) is 28.7 Å². The number of aromatic nitrogens is 2. The zero-order valence-electron chi connectivity index (χ0n) is 16.2. The highest BCUT2D eigenvalue weighted by Gasteiger charge is 2.30. The van der Waals surface area contributed by atoms with E-state index in [0.717, 1.165) is 12.1 Å². The number of H-pyrrole nitrogens is 1. The number of carbonyl (C=O) groups is 1. The Balaban J connectivity index is 1.82. The molecule has 3 aromatic rings. The van der Waals surface area contributed by atoms with Gasteiger partial charge < -0.3 is 14.6 Å². The van der Waals surface area contributed by atoms with Gasteiger partial charge in [-0.25, -0.2) is 4.98 Å². The first-order valence-electron chi connectivity index (χ1n) is 9.18. The summed E-state index contributed by atoms with van der Waals surface area (Å²) in [6.45, 7) is 0.429. The first-order chi connectivity index (χ1) is 14.3. The topological polar surface area (TPSA) is 75.3 Å². The van der Waals surface area contributed by atoms with E-state index in [0.29, 0.717) is 10.9 Å². The molecular formula is C21H20F3N3O3. The third-order valence-corrected chi connectivity index (χ3v) is 4.53. The highest BCUT2D eigenvalue weighted by atomic mass is 19.4. The van der Waals surface area contributed by atoms with E-state index >= 15 is 0 Å². The molecule has 30 heavy (non-hydrogen) atoms. The van der Waals surface area contributed by atoms with Crippen molar-refractivity contribution in [3.8, 4) is 0 Å². The molecule has 0 saturated carbocycles. The standard InChI is InChI=1S/C21H20F3N3O3/c1-30-10-9-27(13-18-25-17-8-3-2-7-16(17)20(29)26-18)19(28)12-14-5-4-6-15(11-14)21(22,23)24/h2-8,11H,9-10,12-13H2,1H3,(H,25,26,29). The lowest BCUT2D eigenvalue weighted by molar-refractivity contribution is -0.138. The van der Waals surface area contributed by atoms with E-state index < -0.39 is 17.6 Å². The Morgan fingerprint density at radius 1 is 1.17 bits per heavy atom. The number of ether oxygens (including phenoxy) is 1. The number of hydrogen-bond donors (Lipinski definition) is 1. The van der Waals surface area contributed by atoms with Crippen molar-refractivity contribution in [1.29, 1.82) is 0 Å². The first-order valence-corrected chi connectivity index (χ1v) is 9.18. The van der Waals surface area contributed by atoms with Gasteiger partial charge in [-0.05, 0) is 23.8 Å². The van der Waals surface area contributed by atoms with Gasteiger partial charge >= 0.3 is 6.18 Å². The second-order valence-corrected chi connectivity index (χ2v) is 6.71. The highest BCUT2D eigenvalue weighted by Crippen LogP contribution is 2.29. The second-order valence-electron chi connectivity index (χ2n) is 6.71. The summed E-state index contributed by atoms with van der Waals surface area (Å²) in [5.74, 6) is -0.116. The molecule has 1 heterocycles. The Morgan fingerprint density at radius 2 is 1.93 bits per heavy atom. The SMILES string of the molecule is COCCN(Cc1nc2ccccc2c(=O)[nH]1)C(=O)Cc1cccc(C(F)(F)F)c1. The summed E-state index contributed by atoms with van der Waals surface area (Å²) in [7, 11) is 1.48. The molecule has 0 bridgehead atoms. The zero-order chi connectivity index (χ0) is 21.7. The van der Waals surface area contributed by atoms with E-state index in [1.54, 1.807) is 24.3 Å². The largest absolute Gasteiger partial charge is 0.416 e. The van der Waals surface area contributed by atoms with E-state index in [1.165, 1.54) is 24.1 Å². The lowest BCUT2D eigenvalue weighted by Crippen LogP contribution is -2.35. The number of para-hydroxylation sites is 1. The quantitative estimate of drug-likeness (QED) is 0.639. The van der Waals surface area contributed by atoms with Crippen LogP contribution in [0.4, 0.5) is 13.2 Å². The summed E-state index contributed by atoms with van der Waals surface area (Å²) < 4.78 is 43.8. The zero-order valence-corrected chi connectivity index (χ0v) is 16.2. The molecule has 0 fully saturated rings. The molecule has 1 aromatic heterocycles. The smallest absolute Gasteiger partial charge is 0.383 e. The molecule has 6 nitrogen and oxygen atoms in total. The van der Waals surface area contributed by atoms with Crippen molar-refractivity contribution in [3.05, 3.63) is 75.8 Å². The summed E-state index contributed by atoms with van der Waals surface area (Å²) >= 11 is 0. The minimum atomic E-state index is -4.48. The van der Waals surface area contributed by atoms with Gasteiger partial charge in [0.15, 0.2) is 0 Å². The van der Waals surface area contributed by atoms with Crippen molar-refractivity contribution >= 4 is 16.8 Å². The van der Waals surface area contributed by atoms with Gasteiger partial charge in [-0.15, -0.1) is 0 Å². The molecule has 0 atom stereocenters. The fourth-order valence-corrected chi connectivity index (χ4v) is 3.03. The van der Waals surface area contributed by atoms with E-state index in [9.17, 15) is 22.8 Å². The number of amides is 1. The van der Waals surface area contributed by atoms with Crippen molar-refractivity contribution in [2.24, 2.45) is 0 Å². The number of nitrogens with one attached hydrogen (secondary N) is 1. The number of fused-ring (bicyclic) bond motifs is 1. The predicted molar refractivity (Wildman–Crippen MR) is 105 cm³/mol. The number of nitrogens with zero attached hydrogens (tertiary/aromatic N) is 2. The van der Waals surface area contributed by atoms with E-state index in [2.05, 4.69) is 9.97 Å². The maximum atomic E-state index is 12.9. The molecule has 0 radical (unpaired) electrons. The molecule has 0 saturated heterocycles. The molecule has 0 aliphatic rings. The predicted octanol–water partition coefficient (Wildman–Crippen LogP) is 3.16. The number of methoxy groups -OCH3 is 1. The van der Waals surface area contributed by atoms with E-state index in [-0.39, 0.29) is 43.1 Å². The summed E-state index contributed by atoms with van der Waals surface area (Å²) in [4.78, 5) is 33.5. The van der Waals surface area contributed by atoms with Crippen LogP contribution >= 0.6 is 0 Å². The van der Waals surface area contributed by atoms with Crippen molar-refractivity contribution < 1.29 is 22.7 Å². The molecule has 9 heteroatoms. The van der Waals surface area contributed by atoms with E-state index in [4.69, 9.17) is 4.74 Å². The molecule has 0 aliphatic heterocycles. The monoisotopic (exact) mass is 419 g/mol. The molecule has 1 N–H and O–H groups in total. The fraction of sp³-hybridized carbons (Fsp3) is 0.286. The highest BCUT2D eigenvalue weighted by molar-refractivity contribution is 5.79. The molecule has 0 aliphatic carbocycles. The van der Waals surface area contributed by atoms with Crippen LogP contribution in [0, 0.1) is 0 Å². The minimum Gasteiger partial charge on any atom is -0.383 e. The summed E-state index contributed by atoms with van der Waals surface area (Å²) in [5, 5.41) is 0.431. The number of aromatic amines is 1. The van der Waals surface area contributed by atoms with Gasteiger partial charge in [-0.3, -0.25) is 9.59 Å². The lowest BCUT2D eigenvalue weighted by Gasteiger charge is -2.22. The molecule has 1 amide bonds. The van der Waals surface area contributed by atoms with Gasteiger partial charge in [-0.1, -0.05) is 30.3 Å². The number of halogens is 3. The summed E-state index contributed by atoms with van der Waals surface area (Å²) in [5.41, 5.74) is -0.394. The molecular weight excluding hydrogens is 399 g/mol. The summed E-state index contributed by atoms with van der Waals surface area (Å²) in [6, 6.07) is 11.5. The molecule has 0 spiro atoms. The Kier molecular flexibility index (Phi) is 6.51. The minimum absolute atomic E-state index is 0.00122. The van der Waals surface area contributed by atoms with Crippen LogP contribution in [0.1, 0.15) is 17.0 Å². The van der Waals surface area contributed by atoms with E-state index in [1.807, 2.05) is 0 Å². The van der Waals surface area contributed by atoms with Gasteiger partial charge in [-0.2, -0.15) is 13.2 Å². The van der Waals surface area contributed by atoms with Gasteiger partial charge in [0.05, 0.1) is 36.0 Å². The number of rotatable bonds is 7. The number of carbonyl (C=O) groups excluding carboxylic acids is 1. The van der Waals surface area contributed by atoms with Crippen molar-refractivity contribution in [2.75, 3.05) is 20.3 Å². The lowest BCUT2D eigenvalue weighted by atomic mass is 10.1. The van der Waals surface area contributed by atoms with Crippen LogP contribution in [0.5, 0.6) is 0 Å². The van der Waals surface area contributed by atoms with Crippen LogP contribution in [0.2, 0.25) is 0 Å². The fourth-order valence-electron chi connectivity index (χ4n) is 3.03. The van der Waals surface area contributed by atoms with Crippen LogP contribution in [0.15, 0.2) is 53.3 Å². The Hall–Kier alpha value is -3.20. The van der Waals surface area contributed by atoms with Gasteiger partial charge in [0, 0.05) is 13.7 Å². The average molecular weight is 419 g/mol. The maximum Gasteiger partial charge on any atom is 0.416 e. The van der Waals surface area contributed by atoms with Crippen molar-refractivity contribution in [1.82, 2.24) is 14.9 Å². The average Bonchev–Trinajstić information content (AvgIpc) is 2.70. The maximum absolute atomic E-state index is 12.9. The Bertz CT molecular complexity index is 1100. The molecule has 158 valence electrons.